The van der Waals surface area contributed by atoms with Crippen molar-refractivity contribution < 1.29 is 14.3 Å². The average molecular weight is 455 g/mol. The van der Waals surface area contributed by atoms with Crippen LogP contribution in [0.1, 0.15) is 48.2 Å². The molecule has 1 aliphatic carbocycles. The van der Waals surface area contributed by atoms with Gasteiger partial charge in [0.1, 0.15) is 0 Å². The van der Waals surface area contributed by atoms with E-state index in [-0.39, 0.29) is 17.7 Å². The Morgan fingerprint density at radius 2 is 2.06 bits per heavy atom. The van der Waals surface area contributed by atoms with E-state index < -0.39 is 0 Å². The van der Waals surface area contributed by atoms with E-state index in [2.05, 4.69) is 10.3 Å². The van der Waals surface area contributed by atoms with E-state index in [0.717, 1.165) is 48.8 Å². The van der Waals surface area contributed by atoms with Gasteiger partial charge < -0.3 is 14.2 Å². The van der Waals surface area contributed by atoms with Crippen molar-refractivity contribution in [1.29, 1.82) is 0 Å². The summed E-state index contributed by atoms with van der Waals surface area (Å²) in [4.78, 5) is 32.8. The van der Waals surface area contributed by atoms with E-state index in [4.69, 9.17) is 4.74 Å². The number of carbonyl (C=O) groups is 2. The minimum atomic E-state index is -0.173. The topological polar surface area (TPSA) is 76.5 Å². The number of aryl methyl sites for hydroxylation is 1. The van der Waals surface area contributed by atoms with Crippen LogP contribution in [0.2, 0.25) is 0 Å². The molecule has 0 aliphatic heterocycles. The summed E-state index contributed by atoms with van der Waals surface area (Å²) in [6.07, 6.45) is 6.20. The van der Waals surface area contributed by atoms with Crippen molar-refractivity contribution in [3.8, 4) is 0 Å². The number of fused-ring (bicyclic) bond motifs is 1. The van der Waals surface area contributed by atoms with E-state index >= 15 is 0 Å². The highest BCUT2D eigenvalue weighted by atomic mass is 32.1. The lowest BCUT2D eigenvalue weighted by Crippen LogP contribution is -2.33. The molecule has 0 bridgehead atoms. The van der Waals surface area contributed by atoms with Gasteiger partial charge in [-0.15, -0.1) is 11.3 Å². The summed E-state index contributed by atoms with van der Waals surface area (Å²) >= 11 is 1.39. The Labute approximate surface area is 192 Å². The van der Waals surface area contributed by atoms with Crippen molar-refractivity contribution in [3.05, 3.63) is 40.6 Å². The minimum Gasteiger partial charge on any atom is -0.385 e. The first-order valence-electron chi connectivity index (χ1n) is 11.2. The van der Waals surface area contributed by atoms with Crippen LogP contribution in [0, 0.1) is 5.92 Å². The second-order valence-electron chi connectivity index (χ2n) is 8.27. The number of nitrogens with zero attached hydrogens (tertiary/aromatic N) is 3. The highest BCUT2D eigenvalue weighted by molar-refractivity contribution is 7.12. The SMILES string of the molecule is COCCCn1c(NC(=O)c2cccs2)nc2ccc(N(C)C(=O)C3CCCCC3)cc21. The van der Waals surface area contributed by atoms with Crippen LogP contribution in [0.15, 0.2) is 35.7 Å². The average Bonchev–Trinajstić information content (AvgIpc) is 3.47. The van der Waals surface area contributed by atoms with Crippen LogP contribution in [0.25, 0.3) is 11.0 Å². The summed E-state index contributed by atoms with van der Waals surface area (Å²) < 4.78 is 7.22. The standard InChI is InChI=1S/C24H30N4O3S/c1-27(23(30)17-8-4-3-5-9-17)18-11-12-19-20(16-18)28(13-7-14-31-2)24(25-19)26-22(29)21-10-6-15-32-21/h6,10-12,15-17H,3-5,7-9,13-14H2,1-2H3,(H,25,26,29). The molecular formula is C24H30N4O3S. The smallest absolute Gasteiger partial charge is 0.268 e. The maximum atomic E-state index is 13.0. The lowest BCUT2D eigenvalue weighted by molar-refractivity contribution is -0.123. The number of rotatable bonds is 8. The highest BCUT2D eigenvalue weighted by Crippen LogP contribution is 2.30. The van der Waals surface area contributed by atoms with E-state index in [1.165, 1.54) is 17.8 Å². The molecule has 2 amide bonds. The number of thiophene rings is 1. The number of anilines is 2. The molecule has 0 atom stereocenters. The molecule has 1 saturated carbocycles. The number of nitrogens with one attached hydrogen (secondary N) is 1. The molecule has 1 N–H and O–H groups in total. The lowest BCUT2D eigenvalue weighted by Gasteiger charge is -2.26. The molecule has 8 heteroatoms. The van der Waals surface area contributed by atoms with Crippen LogP contribution in [0.5, 0.6) is 0 Å². The van der Waals surface area contributed by atoms with Crippen molar-refractivity contribution in [2.24, 2.45) is 5.92 Å². The molecule has 1 fully saturated rings. The monoisotopic (exact) mass is 454 g/mol. The van der Waals surface area contributed by atoms with Gasteiger partial charge in [-0.2, -0.15) is 0 Å². The Morgan fingerprint density at radius 1 is 1.25 bits per heavy atom. The van der Waals surface area contributed by atoms with Crippen LogP contribution in [-0.2, 0) is 16.1 Å². The number of aromatic nitrogens is 2. The zero-order valence-electron chi connectivity index (χ0n) is 18.7. The Balaban J connectivity index is 1.63. The summed E-state index contributed by atoms with van der Waals surface area (Å²) in [6.45, 7) is 1.26. The Kier molecular flexibility index (Phi) is 7.22. The van der Waals surface area contributed by atoms with E-state index in [9.17, 15) is 9.59 Å². The van der Waals surface area contributed by atoms with Crippen LogP contribution in [0.4, 0.5) is 11.6 Å². The van der Waals surface area contributed by atoms with E-state index in [0.29, 0.717) is 24.0 Å². The fourth-order valence-electron chi connectivity index (χ4n) is 4.33. The first-order chi connectivity index (χ1) is 15.6. The second-order valence-corrected chi connectivity index (χ2v) is 9.22. The number of imidazole rings is 1. The molecule has 7 nitrogen and oxygen atoms in total. The number of amides is 2. The van der Waals surface area contributed by atoms with Crippen molar-refractivity contribution in [2.45, 2.75) is 45.1 Å². The van der Waals surface area contributed by atoms with Gasteiger partial charge in [-0.25, -0.2) is 4.98 Å². The maximum absolute atomic E-state index is 13.0. The summed E-state index contributed by atoms with van der Waals surface area (Å²) in [6, 6.07) is 9.49. The van der Waals surface area contributed by atoms with Gasteiger partial charge >= 0.3 is 0 Å². The predicted molar refractivity (Wildman–Crippen MR) is 128 cm³/mol. The molecule has 0 unspecified atom stereocenters. The third-order valence-electron chi connectivity index (χ3n) is 6.10. The highest BCUT2D eigenvalue weighted by Gasteiger charge is 2.25. The molecular weight excluding hydrogens is 424 g/mol. The van der Waals surface area contributed by atoms with Crippen molar-refractivity contribution in [1.82, 2.24) is 9.55 Å². The second kappa shape index (κ2) is 10.3. The number of hydrogen-bond acceptors (Lipinski definition) is 5. The zero-order chi connectivity index (χ0) is 22.5. The molecule has 2 aromatic heterocycles. The van der Waals surface area contributed by atoms with Gasteiger partial charge in [0.15, 0.2) is 0 Å². The molecule has 0 saturated heterocycles. The number of methoxy groups -OCH3 is 1. The van der Waals surface area contributed by atoms with E-state index in [1.807, 2.05) is 41.3 Å². The van der Waals surface area contributed by atoms with Crippen LogP contribution < -0.4 is 10.2 Å². The lowest BCUT2D eigenvalue weighted by atomic mass is 9.88. The molecule has 2 heterocycles. The Bertz CT molecular complexity index is 1070. The van der Waals surface area contributed by atoms with Gasteiger partial charge in [0.25, 0.3) is 5.91 Å². The summed E-state index contributed by atoms with van der Waals surface area (Å²) in [5.74, 6) is 0.624. The fraction of sp³-hybridized carbons (Fsp3) is 0.458. The summed E-state index contributed by atoms with van der Waals surface area (Å²) in [7, 11) is 3.53. The van der Waals surface area contributed by atoms with Crippen molar-refractivity contribution >= 4 is 45.8 Å². The third-order valence-corrected chi connectivity index (χ3v) is 6.97. The molecule has 4 rings (SSSR count). The third kappa shape index (κ3) is 4.86. The summed E-state index contributed by atoms with van der Waals surface area (Å²) in [5.41, 5.74) is 2.52. The Hall–Kier alpha value is -2.71. The van der Waals surface area contributed by atoms with Crippen LogP contribution in [-0.4, -0.2) is 42.1 Å². The quantitative estimate of drug-likeness (QED) is 0.490. The summed E-state index contributed by atoms with van der Waals surface area (Å²) in [5, 5.41) is 4.83. The van der Waals surface area contributed by atoms with Crippen molar-refractivity contribution in [3.63, 3.8) is 0 Å². The van der Waals surface area contributed by atoms with Gasteiger partial charge in [-0.05, 0) is 48.9 Å². The first-order valence-corrected chi connectivity index (χ1v) is 12.1. The minimum absolute atomic E-state index is 0.108. The number of carbonyl (C=O) groups excluding carboxylic acids is 2. The first kappa shape index (κ1) is 22.5. The van der Waals surface area contributed by atoms with Crippen LogP contribution in [0.3, 0.4) is 0 Å². The molecule has 32 heavy (non-hydrogen) atoms. The number of ether oxygens (including phenoxy) is 1. The molecule has 170 valence electrons. The number of hydrogen-bond donors (Lipinski definition) is 1. The van der Waals surface area contributed by atoms with Gasteiger partial charge in [0.05, 0.1) is 15.9 Å². The molecule has 1 aliphatic rings. The van der Waals surface area contributed by atoms with Gasteiger partial charge in [-0.3, -0.25) is 14.9 Å². The molecule has 3 aromatic rings. The molecule has 1 aromatic carbocycles. The van der Waals surface area contributed by atoms with Gasteiger partial charge in [0.2, 0.25) is 11.9 Å². The fourth-order valence-corrected chi connectivity index (χ4v) is 4.95. The predicted octanol–water partition coefficient (Wildman–Crippen LogP) is 4.93. The van der Waals surface area contributed by atoms with Gasteiger partial charge in [0, 0.05) is 38.9 Å². The molecule has 0 spiro atoms. The number of benzene rings is 1. The van der Waals surface area contributed by atoms with Crippen LogP contribution >= 0.6 is 11.3 Å². The van der Waals surface area contributed by atoms with Crippen molar-refractivity contribution in [2.75, 3.05) is 31.0 Å². The Morgan fingerprint density at radius 3 is 2.78 bits per heavy atom. The zero-order valence-corrected chi connectivity index (χ0v) is 19.5. The normalized spacial score (nSPS) is 14.6. The molecule has 0 radical (unpaired) electrons. The maximum Gasteiger partial charge on any atom is 0.268 e. The van der Waals surface area contributed by atoms with E-state index in [1.54, 1.807) is 18.1 Å². The largest absolute Gasteiger partial charge is 0.385 e. The van der Waals surface area contributed by atoms with Gasteiger partial charge in [-0.1, -0.05) is 25.3 Å².